The van der Waals surface area contributed by atoms with E-state index in [1.165, 1.54) is 0 Å². The fourth-order valence-electron chi connectivity index (χ4n) is 1.99. The predicted octanol–water partition coefficient (Wildman–Crippen LogP) is 1.45. The minimum Gasteiger partial charge on any atom is -0.314 e. The molecule has 0 aliphatic heterocycles. The lowest BCUT2D eigenvalue weighted by Crippen LogP contribution is -2.22. The van der Waals surface area contributed by atoms with Gasteiger partial charge in [-0.15, -0.1) is 6.58 Å². The lowest BCUT2D eigenvalue weighted by atomic mass is 10.2. The fraction of sp³-hybridized carbons (Fsp3) is 0.417. The van der Waals surface area contributed by atoms with E-state index >= 15 is 0 Å². The summed E-state index contributed by atoms with van der Waals surface area (Å²) in [6.07, 6.45) is 3.66. The number of aromatic amines is 2. The van der Waals surface area contributed by atoms with Crippen molar-refractivity contribution in [2.24, 2.45) is 0 Å². The molecule has 0 saturated carbocycles. The number of nitrogens with zero attached hydrogens (tertiary/aromatic N) is 2. The molecule has 0 aromatic carbocycles. The summed E-state index contributed by atoms with van der Waals surface area (Å²) in [5.74, 6) is 0.715. The SMILES string of the molecule is C=CC(Br)CCCn1c(C)nc2c(=O)[nH]c(=O)[nH]c21. The number of alkyl halides is 1. The highest BCUT2D eigenvalue weighted by atomic mass is 79.9. The third kappa shape index (κ3) is 2.86. The highest BCUT2D eigenvalue weighted by molar-refractivity contribution is 9.09. The Balaban J connectivity index is 2.32. The zero-order chi connectivity index (χ0) is 14.0. The number of hydrogen-bond donors (Lipinski definition) is 2. The van der Waals surface area contributed by atoms with Crippen LogP contribution < -0.4 is 11.2 Å². The second-order valence-corrected chi connectivity index (χ2v) is 5.49. The summed E-state index contributed by atoms with van der Waals surface area (Å²) in [6.45, 7) is 6.22. The number of aromatic nitrogens is 4. The lowest BCUT2D eigenvalue weighted by molar-refractivity contribution is 0.615. The van der Waals surface area contributed by atoms with E-state index < -0.39 is 11.2 Å². The first-order chi connectivity index (χ1) is 9.02. The molecule has 0 bridgehead atoms. The van der Waals surface area contributed by atoms with Crippen molar-refractivity contribution in [2.75, 3.05) is 0 Å². The van der Waals surface area contributed by atoms with Gasteiger partial charge in [0.15, 0.2) is 5.52 Å². The van der Waals surface area contributed by atoms with Crippen molar-refractivity contribution in [1.82, 2.24) is 19.5 Å². The molecule has 6 nitrogen and oxygen atoms in total. The molecule has 1 unspecified atom stereocenters. The Kier molecular flexibility index (Phi) is 4.04. The van der Waals surface area contributed by atoms with Crippen LogP contribution in [0.15, 0.2) is 22.2 Å². The average molecular weight is 327 g/mol. The van der Waals surface area contributed by atoms with Crippen molar-refractivity contribution in [3.05, 3.63) is 39.3 Å². The van der Waals surface area contributed by atoms with Crippen LogP contribution >= 0.6 is 15.9 Å². The molecule has 102 valence electrons. The number of rotatable bonds is 5. The van der Waals surface area contributed by atoms with Gasteiger partial charge in [-0.05, 0) is 19.8 Å². The van der Waals surface area contributed by atoms with E-state index in [1.54, 1.807) is 0 Å². The predicted molar refractivity (Wildman–Crippen MR) is 77.9 cm³/mol. The molecule has 2 rings (SSSR count). The summed E-state index contributed by atoms with van der Waals surface area (Å²) >= 11 is 3.48. The highest BCUT2D eigenvalue weighted by Gasteiger charge is 2.11. The van der Waals surface area contributed by atoms with Gasteiger partial charge in [0, 0.05) is 11.4 Å². The van der Waals surface area contributed by atoms with Crippen molar-refractivity contribution < 1.29 is 0 Å². The first kappa shape index (κ1) is 13.8. The van der Waals surface area contributed by atoms with Crippen molar-refractivity contribution >= 4 is 27.1 Å². The van der Waals surface area contributed by atoms with E-state index in [0.29, 0.717) is 18.0 Å². The molecule has 0 radical (unpaired) electrons. The molecule has 2 aromatic rings. The maximum Gasteiger partial charge on any atom is 0.327 e. The fourth-order valence-corrected chi connectivity index (χ4v) is 2.31. The molecule has 19 heavy (non-hydrogen) atoms. The molecule has 2 heterocycles. The van der Waals surface area contributed by atoms with Crippen molar-refractivity contribution in [3.8, 4) is 0 Å². The average Bonchev–Trinajstić information content (AvgIpc) is 2.67. The quantitative estimate of drug-likeness (QED) is 0.644. The van der Waals surface area contributed by atoms with Gasteiger partial charge in [0.05, 0.1) is 0 Å². The van der Waals surface area contributed by atoms with E-state index in [-0.39, 0.29) is 10.3 Å². The Hall–Kier alpha value is -1.63. The second-order valence-electron chi connectivity index (χ2n) is 4.31. The van der Waals surface area contributed by atoms with Crippen LogP contribution in [0, 0.1) is 6.92 Å². The first-order valence-electron chi connectivity index (χ1n) is 5.99. The Morgan fingerprint density at radius 1 is 1.47 bits per heavy atom. The van der Waals surface area contributed by atoms with Crippen LogP contribution in [-0.2, 0) is 6.54 Å². The van der Waals surface area contributed by atoms with Crippen LogP contribution in [0.1, 0.15) is 18.7 Å². The largest absolute Gasteiger partial charge is 0.327 e. The molecule has 0 saturated heterocycles. The van der Waals surface area contributed by atoms with E-state index in [9.17, 15) is 9.59 Å². The van der Waals surface area contributed by atoms with Gasteiger partial charge in [-0.2, -0.15) is 0 Å². The normalized spacial score (nSPS) is 12.7. The third-order valence-electron chi connectivity index (χ3n) is 2.95. The van der Waals surface area contributed by atoms with E-state index in [2.05, 4.69) is 37.5 Å². The van der Waals surface area contributed by atoms with Crippen LogP contribution in [-0.4, -0.2) is 24.3 Å². The zero-order valence-corrected chi connectivity index (χ0v) is 12.2. The Labute approximate surface area is 117 Å². The van der Waals surface area contributed by atoms with Crippen LogP contribution in [0.3, 0.4) is 0 Å². The molecular formula is C12H15BrN4O2. The number of allylic oxidation sites excluding steroid dienone is 1. The molecule has 2 N–H and O–H groups in total. The molecule has 0 aliphatic rings. The number of fused-ring (bicyclic) bond motifs is 1. The number of hydrogen-bond acceptors (Lipinski definition) is 3. The van der Waals surface area contributed by atoms with Gasteiger partial charge in [-0.1, -0.05) is 22.0 Å². The van der Waals surface area contributed by atoms with Gasteiger partial charge in [-0.3, -0.25) is 14.8 Å². The zero-order valence-electron chi connectivity index (χ0n) is 10.6. The second kappa shape index (κ2) is 5.56. The standard InChI is InChI=1S/C12H15BrN4O2/c1-3-8(13)5-4-6-17-7(2)14-9-10(17)15-12(19)16-11(9)18/h3,8H,1,4-6H2,2H3,(H2,15,16,18,19). The summed E-state index contributed by atoms with van der Waals surface area (Å²) in [5.41, 5.74) is -0.208. The van der Waals surface area contributed by atoms with Gasteiger partial charge in [0.1, 0.15) is 11.5 Å². The molecule has 2 aromatic heterocycles. The monoisotopic (exact) mass is 326 g/mol. The summed E-state index contributed by atoms with van der Waals surface area (Å²) in [5, 5.41) is 0. The number of aryl methyl sites for hydroxylation is 2. The third-order valence-corrected chi connectivity index (χ3v) is 3.78. The lowest BCUT2D eigenvalue weighted by Gasteiger charge is -2.07. The summed E-state index contributed by atoms with van der Waals surface area (Å²) in [4.78, 5) is 32.2. The van der Waals surface area contributed by atoms with Crippen LogP contribution in [0.25, 0.3) is 11.2 Å². The highest BCUT2D eigenvalue weighted by Crippen LogP contribution is 2.13. The van der Waals surface area contributed by atoms with Crippen molar-refractivity contribution in [3.63, 3.8) is 0 Å². The van der Waals surface area contributed by atoms with Gasteiger partial charge in [0.2, 0.25) is 0 Å². The first-order valence-corrected chi connectivity index (χ1v) is 6.90. The van der Waals surface area contributed by atoms with Gasteiger partial charge in [-0.25, -0.2) is 9.78 Å². The summed E-state index contributed by atoms with van der Waals surface area (Å²) < 4.78 is 1.86. The molecule has 1 atom stereocenters. The maximum atomic E-state index is 11.6. The topological polar surface area (TPSA) is 83.5 Å². The van der Waals surface area contributed by atoms with Gasteiger partial charge < -0.3 is 4.57 Å². The van der Waals surface area contributed by atoms with Gasteiger partial charge in [0.25, 0.3) is 5.56 Å². The molecule has 0 amide bonds. The Morgan fingerprint density at radius 3 is 2.89 bits per heavy atom. The number of halogens is 1. The molecule has 7 heteroatoms. The minimum atomic E-state index is -0.511. The van der Waals surface area contributed by atoms with Crippen molar-refractivity contribution in [2.45, 2.75) is 31.1 Å². The molecule has 0 fully saturated rings. The smallest absolute Gasteiger partial charge is 0.314 e. The van der Waals surface area contributed by atoms with Crippen molar-refractivity contribution in [1.29, 1.82) is 0 Å². The van der Waals surface area contributed by atoms with E-state index in [1.807, 2.05) is 17.6 Å². The molecule has 0 aliphatic carbocycles. The number of H-pyrrole nitrogens is 2. The molecule has 0 spiro atoms. The molecular weight excluding hydrogens is 312 g/mol. The summed E-state index contributed by atoms with van der Waals surface area (Å²) in [7, 11) is 0. The maximum absolute atomic E-state index is 11.6. The Bertz CT molecular complexity index is 713. The van der Waals surface area contributed by atoms with E-state index in [0.717, 1.165) is 12.8 Å². The summed E-state index contributed by atoms with van der Waals surface area (Å²) in [6, 6.07) is 0. The minimum absolute atomic E-state index is 0.269. The van der Waals surface area contributed by atoms with Gasteiger partial charge >= 0.3 is 5.69 Å². The van der Waals surface area contributed by atoms with Crippen LogP contribution in [0.5, 0.6) is 0 Å². The van der Waals surface area contributed by atoms with Crippen LogP contribution in [0.2, 0.25) is 0 Å². The van der Waals surface area contributed by atoms with Crippen LogP contribution in [0.4, 0.5) is 0 Å². The number of nitrogens with one attached hydrogen (secondary N) is 2. The number of imidazole rings is 1. The van der Waals surface area contributed by atoms with E-state index in [4.69, 9.17) is 0 Å². The Morgan fingerprint density at radius 2 is 2.21 bits per heavy atom.